The molecule has 27 heavy (non-hydrogen) atoms. The molecule has 1 aliphatic heterocycles. The lowest BCUT2D eigenvalue weighted by atomic mass is 10.2. The summed E-state index contributed by atoms with van der Waals surface area (Å²) in [5, 5.41) is 13.7. The van der Waals surface area contributed by atoms with Crippen LogP contribution in [-0.2, 0) is 11.3 Å². The van der Waals surface area contributed by atoms with Crippen LogP contribution in [0.5, 0.6) is 0 Å². The molecule has 0 unspecified atom stereocenters. The van der Waals surface area contributed by atoms with E-state index in [-0.39, 0.29) is 12.2 Å². The van der Waals surface area contributed by atoms with Crippen LogP contribution >= 0.6 is 0 Å². The molecule has 0 aliphatic carbocycles. The van der Waals surface area contributed by atoms with Crippen LogP contribution in [0.1, 0.15) is 0 Å². The number of carbonyl (C=O) groups excluding carboxylic acids is 1. The molecule has 2 heterocycles. The van der Waals surface area contributed by atoms with E-state index < -0.39 is 16.4 Å². The van der Waals surface area contributed by atoms with Gasteiger partial charge in [-0.15, -0.1) is 0 Å². The van der Waals surface area contributed by atoms with Crippen LogP contribution < -0.4 is 15.8 Å². The molecule has 0 spiro atoms. The zero-order valence-electron chi connectivity index (χ0n) is 15.0. The number of carbonyl (C=O) groups is 1. The van der Waals surface area contributed by atoms with Gasteiger partial charge in [-0.05, 0) is 19.2 Å². The van der Waals surface area contributed by atoms with Crippen LogP contribution in [0.25, 0.3) is 0 Å². The predicted octanol–water partition coefficient (Wildman–Crippen LogP) is 1.15. The van der Waals surface area contributed by atoms with Gasteiger partial charge in [0.1, 0.15) is 6.54 Å². The number of pyridine rings is 1. The Morgan fingerprint density at radius 3 is 2.56 bits per heavy atom. The molecule has 0 atom stereocenters. The smallest absolute Gasteiger partial charge is 0.285 e. The number of likely N-dealkylation sites (N-methyl/N-ethyl adjacent to an activating group) is 1. The first-order valence-electron chi connectivity index (χ1n) is 8.61. The molecule has 1 fully saturated rings. The minimum absolute atomic E-state index is 0.236. The van der Waals surface area contributed by atoms with Crippen molar-refractivity contribution in [3.63, 3.8) is 0 Å². The summed E-state index contributed by atoms with van der Waals surface area (Å²) < 4.78 is 1.03. The topological polar surface area (TPSA) is 101 Å². The second-order valence-electron chi connectivity index (χ2n) is 6.47. The molecule has 9 nitrogen and oxygen atoms in total. The van der Waals surface area contributed by atoms with E-state index in [1.807, 2.05) is 24.3 Å². The molecule has 1 aromatic heterocycles. The average molecular weight is 371 g/mol. The van der Waals surface area contributed by atoms with Crippen molar-refractivity contribution < 1.29 is 9.72 Å². The van der Waals surface area contributed by atoms with Gasteiger partial charge in [0.15, 0.2) is 0 Å². The number of piperazine rings is 1. The molecule has 142 valence electrons. The first-order valence-corrected chi connectivity index (χ1v) is 8.61. The van der Waals surface area contributed by atoms with Gasteiger partial charge in [0.05, 0.1) is 22.5 Å². The Bertz CT molecular complexity index is 903. The van der Waals surface area contributed by atoms with Crippen LogP contribution in [0, 0.1) is 10.1 Å². The standard InChI is InChI=1S/C18H21N5O4/c1-20-8-10-21(11-9-20)16-5-3-2-4-15(16)19-17(24)13-22-12-14(23(26)27)6-7-18(22)25/h2-7,12H,8-11,13H2,1H3,(H,19,24). The van der Waals surface area contributed by atoms with Crippen LogP contribution in [0.4, 0.5) is 17.1 Å². The van der Waals surface area contributed by atoms with Gasteiger partial charge < -0.3 is 15.1 Å². The van der Waals surface area contributed by atoms with Crippen molar-refractivity contribution in [3.8, 4) is 0 Å². The van der Waals surface area contributed by atoms with Crippen LogP contribution in [-0.4, -0.2) is 53.5 Å². The van der Waals surface area contributed by atoms with Crippen molar-refractivity contribution in [2.75, 3.05) is 43.4 Å². The molecule has 0 radical (unpaired) electrons. The SMILES string of the molecule is CN1CCN(c2ccccc2NC(=O)Cn2cc([N+](=O)[O-])ccc2=O)CC1. The van der Waals surface area contributed by atoms with E-state index in [9.17, 15) is 19.7 Å². The molecule has 9 heteroatoms. The number of nitrogens with one attached hydrogen (secondary N) is 1. The number of aromatic nitrogens is 1. The molecule has 0 bridgehead atoms. The zero-order chi connectivity index (χ0) is 19.4. The molecule has 1 amide bonds. The molecule has 3 rings (SSSR count). The van der Waals surface area contributed by atoms with Gasteiger partial charge in [0.2, 0.25) is 5.91 Å². The Morgan fingerprint density at radius 1 is 1.15 bits per heavy atom. The fourth-order valence-corrected chi connectivity index (χ4v) is 3.00. The fourth-order valence-electron chi connectivity index (χ4n) is 3.00. The molecule has 1 N–H and O–H groups in total. The predicted molar refractivity (Wildman–Crippen MR) is 102 cm³/mol. The Morgan fingerprint density at radius 2 is 1.85 bits per heavy atom. The molecule has 1 aromatic carbocycles. The van der Waals surface area contributed by atoms with E-state index in [4.69, 9.17) is 0 Å². The lowest BCUT2D eigenvalue weighted by molar-refractivity contribution is -0.385. The third-order valence-electron chi connectivity index (χ3n) is 4.51. The maximum atomic E-state index is 12.4. The van der Waals surface area contributed by atoms with Crippen LogP contribution in [0.2, 0.25) is 0 Å². The van der Waals surface area contributed by atoms with Gasteiger partial charge in [-0.1, -0.05) is 12.1 Å². The van der Waals surface area contributed by atoms with E-state index >= 15 is 0 Å². The highest BCUT2D eigenvalue weighted by Crippen LogP contribution is 2.26. The number of rotatable bonds is 5. The van der Waals surface area contributed by atoms with E-state index in [2.05, 4.69) is 22.2 Å². The van der Waals surface area contributed by atoms with Crippen LogP contribution in [0.3, 0.4) is 0 Å². The number of nitrogens with zero attached hydrogens (tertiary/aromatic N) is 4. The lowest BCUT2D eigenvalue weighted by Gasteiger charge is -2.35. The van der Waals surface area contributed by atoms with Gasteiger partial charge in [-0.3, -0.25) is 24.3 Å². The van der Waals surface area contributed by atoms with Crippen molar-refractivity contribution in [1.82, 2.24) is 9.47 Å². The maximum absolute atomic E-state index is 12.4. The van der Waals surface area contributed by atoms with Gasteiger partial charge in [0, 0.05) is 38.3 Å². The number of para-hydroxylation sites is 2. The molecular formula is C18H21N5O4. The van der Waals surface area contributed by atoms with Crippen molar-refractivity contribution in [2.45, 2.75) is 6.54 Å². The van der Waals surface area contributed by atoms with Crippen LogP contribution in [0.15, 0.2) is 47.4 Å². The summed E-state index contributed by atoms with van der Waals surface area (Å²) in [6.45, 7) is 3.29. The number of nitro groups is 1. The monoisotopic (exact) mass is 371 g/mol. The van der Waals surface area contributed by atoms with Crippen molar-refractivity contribution in [1.29, 1.82) is 0 Å². The highest BCUT2D eigenvalue weighted by Gasteiger charge is 2.18. The lowest BCUT2D eigenvalue weighted by Crippen LogP contribution is -2.44. The van der Waals surface area contributed by atoms with E-state index in [1.165, 1.54) is 0 Å². The second kappa shape index (κ2) is 8.00. The third-order valence-corrected chi connectivity index (χ3v) is 4.51. The number of hydrogen-bond acceptors (Lipinski definition) is 6. The molecular weight excluding hydrogens is 350 g/mol. The van der Waals surface area contributed by atoms with E-state index in [0.717, 1.165) is 54.8 Å². The second-order valence-corrected chi connectivity index (χ2v) is 6.47. The van der Waals surface area contributed by atoms with E-state index in [0.29, 0.717) is 5.69 Å². The minimum Gasteiger partial charge on any atom is -0.367 e. The highest BCUT2D eigenvalue weighted by atomic mass is 16.6. The Hall–Kier alpha value is -3.20. The van der Waals surface area contributed by atoms with Crippen molar-refractivity contribution >= 4 is 23.0 Å². The van der Waals surface area contributed by atoms with Gasteiger partial charge >= 0.3 is 0 Å². The first kappa shape index (κ1) is 18.6. The highest BCUT2D eigenvalue weighted by molar-refractivity contribution is 5.94. The van der Waals surface area contributed by atoms with Gasteiger partial charge in [-0.25, -0.2) is 0 Å². The third kappa shape index (κ3) is 4.50. The van der Waals surface area contributed by atoms with E-state index in [1.54, 1.807) is 0 Å². The Balaban J connectivity index is 1.75. The van der Waals surface area contributed by atoms with Gasteiger partial charge in [0.25, 0.3) is 11.2 Å². The summed E-state index contributed by atoms with van der Waals surface area (Å²) in [7, 11) is 2.07. The summed E-state index contributed by atoms with van der Waals surface area (Å²) in [6, 6.07) is 9.70. The van der Waals surface area contributed by atoms with Gasteiger partial charge in [-0.2, -0.15) is 0 Å². The molecule has 2 aromatic rings. The number of hydrogen-bond donors (Lipinski definition) is 1. The molecule has 1 aliphatic rings. The van der Waals surface area contributed by atoms with Crippen molar-refractivity contribution in [2.24, 2.45) is 0 Å². The Kier molecular flexibility index (Phi) is 5.51. The molecule has 1 saturated heterocycles. The summed E-state index contributed by atoms with van der Waals surface area (Å²) in [5.74, 6) is -0.417. The normalized spacial score (nSPS) is 14.8. The minimum atomic E-state index is -0.601. The number of anilines is 2. The Labute approximate surface area is 156 Å². The average Bonchev–Trinajstić information content (AvgIpc) is 2.64. The summed E-state index contributed by atoms with van der Waals surface area (Å²) in [6.07, 6.45) is 1.08. The zero-order valence-corrected chi connectivity index (χ0v) is 15.0. The summed E-state index contributed by atoms with van der Waals surface area (Å²) in [5.41, 5.74) is 0.874. The first-order chi connectivity index (χ1) is 12.9. The maximum Gasteiger partial charge on any atom is 0.285 e. The quantitative estimate of drug-likeness (QED) is 0.625. The summed E-state index contributed by atoms with van der Waals surface area (Å²) in [4.78, 5) is 39.0. The largest absolute Gasteiger partial charge is 0.367 e. The number of amides is 1. The number of benzene rings is 1. The molecule has 0 saturated carbocycles. The van der Waals surface area contributed by atoms with Crippen molar-refractivity contribution in [3.05, 3.63) is 63.1 Å². The fraction of sp³-hybridized carbons (Fsp3) is 0.333. The summed E-state index contributed by atoms with van der Waals surface area (Å²) >= 11 is 0.